The van der Waals surface area contributed by atoms with E-state index in [1.165, 1.54) is 47.2 Å². The predicted octanol–water partition coefficient (Wildman–Crippen LogP) is 7.95. The fourth-order valence-electron chi connectivity index (χ4n) is 4.81. The Morgan fingerprint density at radius 3 is 2.39 bits per heavy atom. The lowest BCUT2D eigenvalue weighted by Gasteiger charge is -2.26. The van der Waals surface area contributed by atoms with Gasteiger partial charge in [0.15, 0.2) is 0 Å². The highest BCUT2D eigenvalue weighted by Crippen LogP contribution is 2.27. The van der Waals surface area contributed by atoms with Gasteiger partial charge in [0.05, 0.1) is 0 Å². The van der Waals surface area contributed by atoms with Crippen molar-refractivity contribution >= 4 is 30.1 Å². The SMILES string of the molecule is CCCCCc1ccc(C(=O)Nc2cccc(CCN(CCC)C3=Cc4ccccc4C3)c2)cc1.Cl. The standard InChI is InChI=1S/C32H38N2O.ClH/c1-3-5-6-10-25-15-17-27(18-16-25)32(35)33-30-14-9-11-26(22-30)19-21-34(20-4-2)31-23-28-12-7-8-13-29(28)24-31;/h7-9,11-18,22-23H,3-6,10,19-21,24H2,1-2H3,(H,33,35);1H. The Balaban J connectivity index is 0.00000361. The highest BCUT2D eigenvalue weighted by Gasteiger charge is 2.17. The van der Waals surface area contributed by atoms with Crippen LogP contribution in [-0.2, 0) is 19.3 Å². The highest BCUT2D eigenvalue weighted by molar-refractivity contribution is 6.04. The molecule has 0 heterocycles. The van der Waals surface area contributed by atoms with Crippen LogP contribution in [0, 0.1) is 0 Å². The first-order valence-corrected chi connectivity index (χ1v) is 13.2. The Bertz CT molecular complexity index is 1150. The number of hydrogen-bond acceptors (Lipinski definition) is 2. The van der Waals surface area contributed by atoms with Crippen LogP contribution in [-0.4, -0.2) is 23.9 Å². The Morgan fingerprint density at radius 1 is 0.833 bits per heavy atom. The van der Waals surface area contributed by atoms with Crippen LogP contribution in [0.4, 0.5) is 5.69 Å². The maximum Gasteiger partial charge on any atom is 0.255 e. The van der Waals surface area contributed by atoms with E-state index in [4.69, 9.17) is 0 Å². The minimum Gasteiger partial charge on any atom is -0.374 e. The number of carbonyl (C=O) groups excluding carboxylic acids is 1. The molecule has 36 heavy (non-hydrogen) atoms. The van der Waals surface area contributed by atoms with Crippen molar-refractivity contribution in [3.63, 3.8) is 0 Å². The normalized spacial score (nSPS) is 11.9. The molecular weight excluding hydrogens is 464 g/mol. The molecule has 190 valence electrons. The van der Waals surface area contributed by atoms with E-state index >= 15 is 0 Å². The number of halogens is 1. The number of rotatable bonds is 12. The number of fused-ring (bicyclic) bond motifs is 1. The smallest absolute Gasteiger partial charge is 0.255 e. The predicted molar refractivity (Wildman–Crippen MR) is 155 cm³/mol. The van der Waals surface area contributed by atoms with E-state index < -0.39 is 0 Å². The first-order valence-electron chi connectivity index (χ1n) is 13.2. The van der Waals surface area contributed by atoms with Gasteiger partial charge in [-0.15, -0.1) is 12.4 Å². The van der Waals surface area contributed by atoms with Crippen LogP contribution in [0.3, 0.4) is 0 Å². The molecule has 1 aliphatic carbocycles. The van der Waals surface area contributed by atoms with Crippen LogP contribution in [0.1, 0.15) is 72.1 Å². The fourth-order valence-corrected chi connectivity index (χ4v) is 4.81. The zero-order valence-corrected chi connectivity index (χ0v) is 22.4. The van der Waals surface area contributed by atoms with Gasteiger partial charge in [0.25, 0.3) is 5.91 Å². The largest absolute Gasteiger partial charge is 0.374 e. The lowest BCUT2D eigenvalue weighted by molar-refractivity contribution is 0.102. The third-order valence-electron chi connectivity index (χ3n) is 6.79. The molecule has 0 aliphatic heterocycles. The molecule has 4 rings (SSSR count). The van der Waals surface area contributed by atoms with E-state index in [1.54, 1.807) is 0 Å². The Labute approximate surface area is 223 Å². The lowest BCUT2D eigenvalue weighted by Crippen LogP contribution is -2.26. The molecule has 0 atom stereocenters. The third kappa shape index (κ3) is 7.48. The van der Waals surface area contributed by atoms with Gasteiger partial charge in [0.2, 0.25) is 0 Å². The van der Waals surface area contributed by atoms with Gasteiger partial charge in [-0.25, -0.2) is 0 Å². The topological polar surface area (TPSA) is 32.3 Å². The maximum atomic E-state index is 12.8. The molecule has 1 aliphatic rings. The maximum absolute atomic E-state index is 12.8. The van der Waals surface area contributed by atoms with E-state index in [-0.39, 0.29) is 18.3 Å². The van der Waals surface area contributed by atoms with Crippen LogP contribution in [0.5, 0.6) is 0 Å². The van der Waals surface area contributed by atoms with Crippen molar-refractivity contribution in [3.8, 4) is 0 Å². The Morgan fingerprint density at radius 2 is 1.64 bits per heavy atom. The first kappa shape index (κ1) is 27.5. The van der Waals surface area contributed by atoms with Crippen molar-refractivity contribution in [1.29, 1.82) is 0 Å². The van der Waals surface area contributed by atoms with Crippen molar-refractivity contribution in [2.45, 2.75) is 58.8 Å². The number of carbonyl (C=O) groups is 1. The van der Waals surface area contributed by atoms with Gasteiger partial charge in [0.1, 0.15) is 0 Å². The average Bonchev–Trinajstić information content (AvgIpc) is 3.31. The number of hydrogen-bond donors (Lipinski definition) is 1. The minimum atomic E-state index is -0.0521. The number of unbranched alkanes of at least 4 members (excludes halogenated alkanes) is 2. The Hall–Kier alpha value is -3.04. The second kappa shape index (κ2) is 13.9. The highest BCUT2D eigenvalue weighted by atomic mass is 35.5. The summed E-state index contributed by atoms with van der Waals surface area (Å²) in [6.45, 7) is 6.49. The summed E-state index contributed by atoms with van der Waals surface area (Å²) in [7, 11) is 0. The number of allylic oxidation sites excluding steroid dienone is 1. The molecule has 3 aromatic rings. The number of aryl methyl sites for hydroxylation is 1. The van der Waals surface area contributed by atoms with Gasteiger partial charge >= 0.3 is 0 Å². The fraction of sp³-hybridized carbons (Fsp3) is 0.344. The average molecular weight is 503 g/mol. The van der Waals surface area contributed by atoms with Gasteiger partial charge in [-0.3, -0.25) is 4.79 Å². The third-order valence-corrected chi connectivity index (χ3v) is 6.79. The van der Waals surface area contributed by atoms with E-state index in [2.05, 4.69) is 78.7 Å². The van der Waals surface area contributed by atoms with E-state index in [9.17, 15) is 4.79 Å². The number of nitrogens with one attached hydrogen (secondary N) is 1. The van der Waals surface area contributed by atoms with Gasteiger partial charge in [-0.2, -0.15) is 0 Å². The van der Waals surface area contributed by atoms with E-state index in [0.29, 0.717) is 5.56 Å². The molecule has 0 saturated carbocycles. The summed E-state index contributed by atoms with van der Waals surface area (Å²) in [6.07, 6.45) is 10.2. The molecule has 1 amide bonds. The quantitative estimate of drug-likeness (QED) is 0.255. The van der Waals surface area contributed by atoms with Crippen LogP contribution >= 0.6 is 12.4 Å². The second-order valence-corrected chi connectivity index (χ2v) is 9.56. The molecule has 0 unspecified atom stereocenters. The summed E-state index contributed by atoms with van der Waals surface area (Å²) in [5.41, 5.74) is 8.28. The summed E-state index contributed by atoms with van der Waals surface area (Å²) in [5.74, 6) is -0.0521. The molecule has 0 fully saturated rings. The summed E-state index contributed by atoms with van der Waals surface area (Å²) in [4.78, 5) is 15.3. The van der Waals surface area contributed by atoms with Crippen molar-refractivity contribution in [3.05, 3.63) is 106 Å². The minimum absolute atomic E-state index is 0. The van der Waals surface area contributed by atoms with Crippen LogP contribution in [0.2, 0.25) is 0 Å². The molecule has 3 aromatic carbocycles. The summed E-state index contributed by atoms with van der Waals surface area (Å²) < 4.78 is 0. The van der Waals surface area contributed by atoms with Crippen molar-refractivity contribution < 1.29 is 4.79 Å². The molecule has 0 saturated heterocycles. The molecule has 0 radical (unpaired) electrons. The zero-order valence-electron chi connectivity index (χ0n) is 21.6. The molecular formula is C32H39ClN2O. The molecule has 0 bridgehead atoms. The Kier molecular flexibility index (Phi) is 10.6. The van der Waals surface area contributed by atoms with Crippen LogP contribution in [0.25, 0.3) is 6.08 Å². The monoisotopic (exact) mass is 502 g/mol. The summed E-state index contributed by atoms with van der Waals surface area (Å²) >= 11 is 0. The van der Waals surface area contributed by atoms with Crippen molar-refractivity contribution in [1.82, 2.24) is 4.90 Å². The molecule has 4 heteroatoms. The lowest BCUT2D eigenvalue weighted by atomic mass is 10.0. The van der Waals surface area contributed by atoms with E-state index in [0.717, 1.165) is 44.5 Å². The van der Waals surface area contributed by atoms with Gasteiger partial charge in [-0.1, -0.05) is 75.2 Å². The summed E-state index contributed by atoms with van der Waals surface area (Å²) in [6, 6.07) is 25.0. The van der Waals surface area contributed by atoms with Gasteiger partial charge in [-0.05, 0) is 78.3 Å². The van der Waals surface area contributed by atoms with Crippen LogP contribution in [0.15, 0.2) is 78.5 Å². The molecule has 0 aromatic heterocycles. The second-order valence-electron chi connectivity index (χ2n) is 9.56. The van der Waals surface area contributed by atoms with Gasteiger partial charge in [0, 0.05) is 36.5 Å². The summed E-state index contributed by atoms with van der Waals surface area (Å²) in [5, 5.41) is 3.09. The number of nitrogens with zero attached hydrogens (tertiary/aromatic N) is 1. The van der Waals surface area contributed by atoms with Crippen molar-refractivity contribution in [2.75, 3.05) is 18.4 Å². The van der Waals surface area contributed by atoms with Crippen molar-refractivity contribution in [2.24, 2.45) is 0 Å². The molecule has 0 spiro atoms. The van der Waals surface area contributed by atoms with Crippen LogP contribution < -0.4 is 5.32 Å². The molecule has 3 nitrogen and oxygen atoms in total. The number of anilines is 1. The molecule has 1 N–H and O–H groups in total. The van der Waals surface area contributed by atoms with E-state index in [1.807, 2.05) is 24.3 Å². The number of benzene rings is 3. The number of amides is 1. The van der Waals surface area contributed by atoms with Gasteiger partial charge < -0.3 is 10.2 Å². The first-order chi connectivity index (χ1) is 17.2. The zero-order chi connectivity index (χ0) is 24.5.